The van der Waals surface area contributed by atoms with Crippen LogP contribution in [0.2, 0.25) is 0 Å². The largest absolute Gasteiger partial charge is 0.384 e. The molecule has 0 amide bonds. The highest BCUT2D eigenvalue weighted by Gasteiger charge is 2.10. The first-order chi connectivity index (χ1) is 7.26. The summed E-state index contributed by atoms with van der Waals surface area (Å²) in [4.78, 5) is 4.20. The number of methoxy groups -OCH3 is 1. The van der Waals surface area contributed by atoms with Crippen LogP contribution >= 0.6 is 0 Å². The third kappa shape index (κ3) is 4.09. The lowest BCUT2D eigenvalue weighted by molar-refractivity contribution is 0.199. The zero-order valence-corrected chi connectivity index (χ0v) is 9.06. The Morgan fingerprint density at radius 3 is 3.07 bits per heavy atom. The lowest BCUT2D eigenvalue weighted by Gasteiger charge is -2.00. The fourth-order valence-electron chi connectivity index (χ4n) is 1.19. The third-order valence-electron chi connectivity index (χ3n) is 2.00. The average Bonchev–Trinajstić information content (AvgIpc) is 2.63. The van der Waals surface area contributed by atoms with E-state index in [1.807, 2.05) is 6.92 Å². The van der Waals surface area contributed by atoms with Crippen molar-refractivity contribution in [2.75, 3.05) is 13.7 Å². The molecule has 1 aromatic heterocycles. The molecule has 5 heteroatoms. The summed E-state index contributed by atoms with van der Waals surface area (Å²) in [6.45, 7) is 2.58. The number of rotatable bonds is 6. The van der Waals surface area contributed by atoms with Gasteiger partial charge in [-0.3, -0.25) is 0 Å². The molecule has 0 saturated carbocycles. The van der Waals surface area contributed by atoms with E-state index < -0.39 is 0 Å². The molecule has 0 aromatic carbocycles. The average molecular weight is 209 g/mol. The van der Waals surface area contributed by atoms with Gasteiger partial charge in [0.05, 0.1) is 12.7 Å². The van der Waals surface area contributed by atoms with Crippen molar-refractivity contribution in [3.05, 3.63) is 11.7 Å². The van der Waals surface area contributed by atoms with Gasteiger partial charge in [-0.2, -0.15) is 10.2 Å². The van der Waals surface area contributed by atoms with E-state index in [1.165, 1.54) is 0 Å². The molecule has 5 nitrogen and oxygen atoms in total. The molecule has 0 saturated heterocycles. The van der Waals surface area contributed by atoms with Crippen molar-refractivity contribution in [2.24, 2.45) is 5.92 Å². The van der Waals surface area contributed by atoms with E-state index >= 15 is 0 Å². The fraction of sp³-hybridized carbons (Fsp3) is 0.700. The Labute approximate surface area is 89.0 Å². The zero-order valence-electron chi connectivity index (χ0n) is 9.06. The molecule has 82 valence electrons. The van der Waals surface area contributed by atoms with Crippen molar-refractivity contribution in [1.29, 1.82) is 5.26 Å². The molecule has 1 unspecified atom stereocenters. The molecule has 0 fully saturated rings. The SMILES string of the molecule is COCCc1noc(CC(C)CC#N)n1. The monoisotopic (exact) mass is 209 g/mol. The van der Waals surface area contributed by atoms with Crippen molar-refractivity contribution in [1.82, 2.24) is 10.1 Å². The van der Waals surface area contributed by atoms with E-state index in [4.69, 9.17) is 14.5 Å². The van der Waals surface area contributed by atoms with Crippen LogP contribution in [0, 0.1) is 17.2 Å². The maximum atomic E-state index is 8.50. The van der Waals surface area contributed by atoms with Crippen molar-refractivity contribution in [2.45, 2.75) is 26.2 Å². The lowest BCUT2D eigenvalue weighted by atomic mass is 10.1. The van der Waals surface area contributed by atoms with Crippen LogP contribution in [0.5, 0.6) is 0 Å². The van der Waals surface area contributed by atoms with E-state index in [2.05, 4.69) is 16.2 Å². The zero-order chi connectivity index (χ0) is 11.1. The molecule has 0 aliphatic carbocycles. The van der Waals surface area contributed by atoms with E-state index in [9.17, 15) is 0 Å². The first-order valence-corrected chi connectivity index (χ1v) is 4.93. The number of hydrogen-bond acceptors (Lipinski definition) is 5. The summed E-state index contributed by atoms with van der Waals surface area (Å²) >= 11 is 0. The smallest absolute Gasteiger partial charge is 0.226 e. The standard InChI is InChI=1S/C10H15N3O2/c1-8(3-5-11)7-10-12-9(13-15-10)4-6-14-2/h8H,3-4,6-7H2,1-2H3. The second-order valence-corrected chi connectivity index (χ2v) is 3.52. The van der Waals surface area contributed by atoms with Crippen LogP contribution < -0.4 is 0 Å². The predicted octanol–water partition coefficient (Wildman–Crippen LogP) is 1.35. The molecule has 1 atom stereocenters. The Balaban J connectivity index is 2.42. The third-order valence-corrected chi connectivity index (χ3v) is 2.00. The number of ether oxygens (including phenoxy) is 1. The number of nitriles is 1. The van der Waals surface area contributed by atoms with Gasteiger partial charge in [0.1, 0.15) is 0 Å². The van der Waals surface area contributed by atoms with Gasteiger partial charge >= 0.3 is 0 Å². The minimum atomic E-state index is 0.255. The van der Waals surface area contributed by atoms with E-state index in [0.717, 1.165) is 0 Å². The van der Waals surface area contributed by atoms with Crippen LogP contribution in [-0.2, 0) is 17.6 Å². The first-order valence-electron chi connectivity index (χ1n) is 4.93. The summed E-state index contributed by atoms with van der Waals surface area (Å²) in [6.07, 6.45) is 1.83. The highest BCUT2D eigenvalue weighted by molar-refractivity contribution is 4.89. The van der Waals surface area contributed by atoms with Gasteiger partial charge in [0.2, 0.25) is 5.89 Å². The molecule has 1 aromatic rings. The summed E-state index contributed by atoms with van der Waals surface area (Å²) < 4.78 is 9.96. The van der Waals surface area contributed by atoms with Crippen LogP contribution in [0.15, 0.2) is 4.52 Å². The van der Waals surface area contributed by atoms with Gasteiger partial charge < -0.3 is 9.26 Å². The van der Waals surface area contributed by atoms with E-state index in [1.54, 1.807) is 7.11 Å². The molecule has 1 heterocycles. The van der Waals surface area contributed by atoms with Gasteiger partial charge in [-0.25, -0.2) is 0 Å². The molecular weight excluding hydrogens is 194 g/mol. The molecular formula is C10H15N3O2. The highest BCUT2D eigenvalue weighted by atomic mass is 16.5. The molecule has 0 radical (unpaired) electrons. The molecule has 1 rings (SSSR count). The summed E-state index contributed by atoms with van der Waals surface area (Å²) in [7, 11) is 1.63. The highest BCUT2D eigenvalue weighted by Crippen LogP contribution is 2.09. The normalized spacial score (nSPS) is 12.3. The molecule has 0 spiro atoms. The van der Waals surface area contributed by atoms with Crippen molar-refractivity contribution in [3.8, 4) is 6.07 Å². The minimum Gasteiger partial charge on any atom is -0.384 e. The predicted molar refractivity (Wildman–Crippen MR) is 53.0 cm³/mol. The van der Waals surface area contributed by atoms with Gasteiger partial charge in [-0.1, -0.05) is 12.1 Å². The lowest BCUT2D eigenvalue weighted by Crippen LogP contribution is -2.00. The van der Waals surface area contributed by atoms with E-state index in [-0.39, 0.29) is 5.92 Å². The van der Waals surface area contributed by atoms with Crippen molar-refractivity contribution >= 4 is 0 Å². The Bertz CT molecular complexity index is 330. The summed E-state index contributed by atoms with van der Waals surface area (Å²) in [5.41, 5.74) is 0. The maximum Gasteiger partial charge on any atom is 0.226 e. The van der Waals surface area contributed by atoms with Crippen LogP contribution in [0.25, 0.3) is 0 Å². The van der Waals surface area contributed by atoms with Gasteiger partial charge in [0, 0.05) is 26.4 Å². The van der Waals surface area contributed by atoms with Gasteiger partial charge in [0.15, 0.2) is 5.82 Å². The Kier molecular flexibility index (Phi) is 4.78. The summed E-state index contributed by atoms with van der Waals surface area (Å²) in [5, 5.41) is 12.3. The molecule has 0 aliphatic rings. The van der Waals surface area contributed by atoms with Crippen molar-refractivity contribution in [3.63, 3.8) is 0 Å². The van der Waals surface area contributed by atoms with Gasteiger partial charge in [-0.05, 0) is 5.92 Å². The maximum absolute atomic E-state index is 8.50. The number of nitrogens with zero attached hydrogens (tertiary/aromatic N) is 3. The van der Waals surface area contributed by atoms with E-state index in [0.29, 0.717) is 37.6 Å². The molecule has 15 heavy (non-hydrogen) atoms. The quantitative estimate of drug-likeness (QED) is 0.707. The Hall–Kier alpha value is -1.41. The fourth-order valence-corrected chi connectivity index (χ4v) is 1.19. The minimum absolute atomic E-state index is 0.255. The van der Waals surface area contributed by atoms with Crippen LogP contribution in [-0.4, -0.2) is 23.9 Å². The number of aromatic nitrogens is 2. The van der Waals surface area contributed by atoms with Crippen molar-refractivity contribution < 1.29 is 9.26 Å². The number of hydrogen-bond donors (Lipinski definition) is 0. The molecule has 0 bridgehead atoms. The Morgan fingerprint density at radius 1 is 1.60 bits per heavy atom. The van der Waals surface area contributed by atoms with Gasteiger partial charge in [-0.15, -0.1) is 0 Å². The van der Waals surface area contributed by atoms with Crippen LogP contribution in [0.4, 0.5) is 0 Å². The summed E-state index contributed by atoms with van der Waals surface area (Å²) in [5.74, 6) is 1.52. The molecule has 0 N–H and O–H groups in total. The summed E-state index contributed by atoms with van der Waals surface area (Å²) in [6, 6.07) is 2.12. The Morgan fingerprint density at radius 2 is 2.40 bits per heavy atom. The topological polar surface area (TPSA) is 71.9 Å². The van der Waals surface area contributed by atoms with Gasteiger partial charge in [0.25, 0.3) is 0 Å². The van der Waals surface area contributed by atoms with Crippen LogP contribution in [0.1, 0.15) is 25.1 Å². The van der Waals surface area contributed by atoms with Crippen LogP contribution in [0.3, 0.4) is 0 Å². The first kappa shape index (κ1) is 11.7. The second-order valence-electron chi connectivity index (χ2n) is 3.52. The second kappa shape index (κ2) is 6.14. The molecule has 0 aliphatic heterocycles.